The summed E-state index contributed by atoms with van der Waals surface area (Å²) in [4.78, 5) is 12.2. The maximum atomic E-state index is 13.3. The highest BCUT2D eigenvalue weighted by Crippen LogP contribution is 2.19. The first kappa shape index (κ1) is 17.3. The van der Waals surface area contributed by atoms with Crippen LogP contribution in [0.4, 0.5) is 14.5 Å². The van der Waals surface area contributed by atoms with Gasteiger partial charge < -0.3 is 10.6 Å². The minimum Gasteiger partial charge on any atom is -0.322 e. The zero-order chi connectivity index (χ0) is 18.8. The van der Waals surface area contributed by atoms with Crippen molar-refractivity contribution >= 4 is 11.6 Å². The van der Waals surface area contributed by atoms with Gasteiger partial charge in [-0.25, -0.2) is 13.5 Å². The van der Waals surface area contributed by atoms with E-state index in [2.05, 4.69) is 20.9 Å². The quantitative estimate of drug-likeness (QED) is 0.701. The topological polar surface area (TPSA) is 71.8 Å². The van der Waals surface area contributed by atoms with E-state index in [0.717, 1.165) is 23.9 Å². The predicted octanol–water partition coefficient (Wildman–Crippen LogP) is 3.05. The fraction of sp³-hybridized carbons (Fsp3) is 0.211. The molecule has 0 spiro atoms. The summed E-state index contributed by atoms with van der Waals surface area (Å²) >= 11 is 0. The van der Waals surface area contributed by atoms with Gasteiger partial charge in [0, 0.05) is 29.9 Å². The summed E-state index contributed by atoms with van der Waals surface area (Å²) in [5, 5.41) is 14.2. The van der Waals surface area contributed by atoms with E-state index in [1.54, 1.807) is 22.9 Å². The Morgan fingerprint density at radius 3 is 2.67 bits per heavy atom. The van der Waals surface area contributed by atoms with Crippen molar-refractivity contribution in [2.75, 3.05) is 5.32 Å². The van der Waals surface area contributed by atoms with Crippen molar-refractivity contribution in [2.24, 2.45) is 0 Å². The van der Waals surface area contributed by atoms with Crippen molar-refractivity contribution in [1.29, 1.82) is 0 Å². The minimum atomic E-state index is -0.802. The smallest absolute Gasteiger partial charge is 0.255 e. The molecule has 2 N–H and O–H groups in total. The fourth-order valence-electron chi connectivity index (χ4n) is 2.66. The molecule has 1 aliphatic rings. The second kappa shape index (κ2) is 7.24. The Morgan fingerprint density at radius 1 is 1.15 bits per heavy atom. The third-order valence-corrected chi connectivity index (χ3v) is 4.18. The molecule has 1 saturated carbocycles. The lowest BCUT2D eigenvalue weighted by molar-refractivity contribution is 0.102. The number of hydrogen-bond donors (Lipinski definition) is 2. The molecular formula is C19H17F2N5O. The van der Waals surface area contributed by atoms with E-state index < -0.39 is 17.5 Å². The SMILES string of the molecule is O=C(Nc1cccc(-n2cc(CNC3CC3)nn2)c1)c1cc(F)cc(F)c1. The molecule has 6 nitrogen and oxygen atoms in total. The first-order chi connectivity index (χ1) is 13.1. The van der Waals surface area contributed by atoms with Gasteiger partial charge in [-0.1, -0.05) is 11.3 Å². The molecule has 1 fully saturated rings. The molecule has 8 heteroatoms. The number of nitrogens with zero attached hydrogens (tertiary/aromatic N) is 3. The Bertz CT molecular complexity index is 963. The Kier molecular flexibility index (Phi) is 4.64. The second-order valence-corrected chi connectivity index (χ2v) is 6.47. The number of benzene rings is 2. The summed E-state index contributed by atoms with van der Waals surface area (Å²) in [6, 6.07) is 10.2. The van der Waals surface area contributed by atoms with Gasteiger partial charge in [0.15, 0.2) is 0 Å². The second-order valence-electron chi connectivity index (χ2n) is 6.47. The molecule has 27 heavy (non-hydrogen) atoms. The van der Waals surface area contributed by atoms with Crippen molar-refractivity contribution in [2.45, 2.75) is 25.4 Å². The molecule has 0 atom stereocenters. The zero-order valence-corrected chi connectivity index (χ0v) is 14.3. The van der Waals surface area contributed by atoms with Crippen LogP contribution in [0.5, 0.6) is 0 Å². The number of anilines is 1. The predicted molar refractivity (Wildman–Crippen MR) is 95.5 cm³/mol. The summed E-state index contributed by atoms with van der Waals surface area (Å²) in [7, 11) is 0. The molecule has 0 unspecified atom stereocenters. The van der Waals surface area contributed by atoms with Crippen LogP contribution in [0.1, 0.15) is 28.9 Å². The van der Waals surface area contributed by atoms with Gasteiger partial charge in [-0.15, -0.1) is 5.10 Å². The molecule has 0 aliphatic heterocycles. The molecule has 1 aliphatic carbocycles. The summed E-state index contributed by atoms with van der Waals surface area (Å²) in [6.07, 6.45) is 4.22. The summed E-state index contributed by atoms with van der Waals surface area (Å²) in [5.74, 6) is -2.20. The molecule has 0 radical (unpaired) electrons. The van der Waals surface area contributed by atoms with Crippen LogP contribution >= 0.6 is 0 Å². The molecule has 1 aromatic heterocycles. The van der Waals surface area contributed by atoms with Crippen LogP contribution in [-0.2, 0) is 6.54 Å². The van der Waals surface area contributed by atoms with Crippen molar-refractivity contribution in [3.8, 4) is 5.69 Å². The molecule has 3 aromatic rings. The number of carbonyl (C=O) groups is 1. The van der Waals surface area contributed by atoms with Crippen LogP contribution in [0.3, 0.4) is 0 Å². The monoisotopic (exact) mass is 369 g/mol. The van der Waals surface area contributed by atoms with Crippen molar-refractivity contribution in [3.05, 3.63) is 71.6 Å². The molecule has 1 heterocycles. The van der Waals surface area contributed by atoms with E-state index in [4.69, 9.17) is 0 Å². The van der Waals surface area contributed by atoms with E-state index in [0.29, 0.717) is 24.0 Å². The number of carbonyl (C=O) groups excluding carboxylic acids is 1. The molecule has 4 rings (SSSR count). The lowest BCUT2D eigenvalue weighted by Crippen LogP contribution is -2.15. The third-order valence-electron chi connectivity index (χ3n) is 4.18. The summed E-state index contributed by atoms with van der Waals surface area (Å²) in [6.45, 7) is 0.659. The summed E-state index contributed by atoms with van der Waals surface area (Å²) < 4.78 is 28.2. The molecule has 2 aromatic carbocycles. The number of halogens is 2. The van der Waals surface area contributed by atoms with E-state index in [9.17, 15) is 13.6 Å². The standard InChI is InChI=1S/C19H17F2N5O/c20-13-6-12(7-14(21)8-13)19(27)23-16-2-1-3-18(9-16)26-11-17(24-25-26)10-22-15-4-5-15/h1-3,6-9,11,15,22H,4-5,10H2,(H,23,27). The van der Waals surface area contributed by atoms with Gasteiger partial charge in [0.2, 0.25) is 0 Å². The lowest BCUT2D eigenvalue weighted by atomic mass is 10.2. The Morgan fingerprint density at radius 2 is 1.93 bits per heavy atom. The highest BCUT2D eigenvalue weighted by atomic mass is 19.1. The fourth-order valence-corrected chi connectivity index (χ4v) is 2.66. The first-order valence-electron chi connectivity index (χ1n) is 8.59. The average Bonchev–Trinajstić information content (AvgIpc) is 3.35. The largest absolute Gasteiger partial charge is 0.322 e. The number of rotatable bonds is 6. The third kappa shape index (κ3) is 4.35. The Balaban J connectivity index is 1.47. The normalized spacial score (nSPS) is 13.6. The molecule has 0 bridgehead atoms. The van der Waals surface area contributed by atoms with E-state index in [1.807, 2.05) is 12.3 Å². The van der Waals surface area contributed by atoms with Crippen LogP contribution in [-0.4, -0.2) is 26.9 Å². The molecule has 138 valence electrons. The highest BCUT2D eigenvalue weighted by Gasteiger charge is 2.20. The van der Waals surface area contributed by atoms with Crippen LogP contribution in [0.2, 0.25) is 0 Å². The van der Waals surface area contributed by atoms with Crippen molar-refractivity contribution in [1.82, 2.24) is 20.3 Å². The van der Waals surface area contributed by atoms with Gasteiger partial charge >= 0.3 is 0 Å². The van der Waals surface area contributed by atoms with Crippen molar-refractivity contribution in [3.63, 3.8) is 0 Å². The average molecular weight is 369 g/mol. The highest BCUT2D eigenvalue weighted by molar-refractivity contribution is 6.04. The van der Waals surface area contributed by atoms with Crippen LogP contribution in [0, 0.1) is 11.6 Å². The first-order valence-corrected chi connectivity index (χ1v) is 8.59. The van der Waals surface area contributed by atoms with Gasteiger partial charge in [-0.3, -0.25) is 4.79 Å². The van der Waals surface area contributed by atoms with Gasteiger partial charge in [-0.2, -0.15) is 0 Å². The molecular weight excluding hydrogens is 352 g/mol. The number of hydrogen-bond acceptors (Lipinski definition) is 4. The molecule has 0 saturated heterocycles. The van der Waals surface area contributed by atoms with Gasteiger partial charge in [0.1, 0.15) is 11.6 Å². The maximum Gasteiger partial charge on any atom is 0.255 e. The number of aromatic nitrogens is 3. The van der Waals surface area contributed by atoms with Gasteiger partial charge in [0.05, 0.1) is 17.6 Å². The van der Waals surface area contributed by atoms with E-state index >= 15 is 0 Å². The van der Waals surface area contributed by atoms with E-state index in [1.165, 1.54) is 12.8 Å². The van der Waals surface area contributed by atoms with Gasteiger partial charge in [-0.05, 0) is 43.2 Å². The van der Waals surface area contributed by atoms with E-state index in [-0.39, 0.29) is 5.56 Å². The van der Waals surface area contributed by atoms with Crippen LogP contribution in [0.25, 0.3) is 5.69 Å². The number of amides is 1. The Labute approximate surface area is 154 Å². The number of nitrogens with one attached hydrogen (secondary N) is 2. The minimum absolute atomic E-state index is 0.0907. The van der Waals surface area contributed by atoms with Gasteiger partial charge in [0.25, 0.3) is 5.91 Å². The summed E-state index contributed by atoms with van der Waals surface area (Å²) in [5.41, 5.74) is 1.93. The Hall–Kier alpha value is -3.13. The molecule has 1 amide bonds. The maximum absolute atomic E-state index is 13.3. The lowest BCUT2D eigenvalue weighted by Gasteiger charge is -2.08. The van der Waals surface area contributed by atoms with Crippen molar-refractivity contribution < 1.29 is 13.6 Å². The van der Waals surface area contributed by atoms with Crippen LogP contribution in [0.15, 0.2) is 48.7 Å². The zero-order valence-electron chi connectivity index (χ0n) is 14.3. The van der Waals surface area contributed by atoms with Crippen LogP contribution < -0.4 is 10.6 Å².